The maximum absolute atomic E-state index is 12.1. The van der Waals surface area contributed by atoms with Crippen molar-refractivity contribution in [2.45, 2.75) is 45.6 Å². The zero-order valence-corrected chi connectivity index (χ0v) is 26.7. The van der Waals surface area contributed by atoms with E-state index in [-0.39, 0.29) is 37.0 Å². The minimum Gasteiger partial charge on any atom is -0.362 e. The van der Waals surface area contributed by atoms with Gasteiger partial charge in [0.1, 0.15) is 13.2 Å². The van der Waals surface area contributed by atoms with E-state index in [1.807, 2.05) is 0 Å². The monoisotopic (exact) mass is 686 g/mol. The van der Waals surface area contributed by atoms with Crippen LogP contribution in [-0.2, 0) is 24.4 Å². The number of halogens is 2. The summed E-state index contributed by atoms with van der Waals surface area (Å²) in [6, 6.07) is 13.5. The molecule has 2 saturated heterocycles. The molecule has 2 aromatic rings. The molecular weight excluding hydrogens is 652 g/mol. The number of rotatable bonds is 6. The van der Waals surface area contributed by atoms with Crippen LogP contribution in [0.5, 0.6) is 0 Å². The number of piperidine rings is 1. The van der Waals surface area contributed by atoms with Crippen molar-refractivity contribution in [2.75, 3.05) is 39.1 Å². The Kier molecular flexibility index (Phi) is 11.3. The molecule has 39 heavy (non-hydrogen) atoms. The molecule has 0 radical (unpaired) electrons. The molecule has 214 valence electrons. The molecule has 8 nitrogen and oxygen atoms in total. The van der Waals surface area contributed by atoms with Gasteiger partial charge >= 0.3 is 0 Å². The van der Waals surface area contributed by atoms with Crippen LogP contribution in [0, 0.1) is 19.8 Å². The lowest BCUT2D eigenvalue weighted by molar-refractivity contribution is -0.159. The van der Waals surface area contributed by atoms with Crippen LogP contribution in [0.15, 0.2) is 45.3 Å². The van der Waals surface area contributed by atoms with Crippen LogP contribution in [-0.4, -0.2) is 79.7 Å². The number of hydrogen-bond acceptors (Lipinski definition) is 6. The van der Waals surface area contributed by atoms with Gasteiger partial charge < -0.3 is 4.74 Å². The van der Waals surface area contributed by atoms with Crippen molar-refractivity contribution >= 4 is 53.8 Å². The van der Waals surface area contributed by atoms with Crippen molar-refractivity contribution in [1.29, 1.82) is 0 Å². The number of aryl methyl sites for hydroxylation is 2. The number of ether oxygens (including phenoxy) is 1. The molecule has 4 rings (SSSR count). The van der Waals surface area contributed by atoms with Crippen molar-refractivity contribution in [1.82, 2.24) is 9.80 Å². The van der Waals surface area contributed by atoms with Crippen molar-refractivity contribution in [3.8, 4) is 0 Å². The Morgan fingerprint density at radius 2 is 1.38 bits per heavy atom. The Hall–Kier alpha value is -1.63. The number of imide groups is 1. The fourth-order valence-electron chi connectivity index (χ4n) is 5.24. The van der Waals surface area contributed by atoms with Gasteiger partial charge in [0.05, 0.1) is 6.26 Å². The molecule has 2 aliphatic rings. The highest BCUT2D eigenvalue weighted by Crippen LogP contribution is 2.43. The largest absolute Gasteiger partial charge is 0.362 e. The molecule has 0 spiro atoms. The van der Waals surface area contributed by atoms with Crippen molar-refractivity contribution in [3.05, 3.63) is 67.6 Å². The number of nitrogens with zero attached hydrogens (tertiary/aromatic N) is 2. The smallest absolute Gasteiger partial charge is 0.261 e. The average molecular weight is 688 g/mol. The van der Waals surface area contributed by atoms with Gasteiger partial charge in [0, 0.05) is 27.4 Å². The topological polar surface area (TPSA) is 104 Å². The van der Waals surface area contributed by atoms with E-state index in [1.54, 1.807) is 0 Å². The third-order valence-electron chi connectivity index (χ3n) is 7.15. The Balaban J connectivity index is 0.000000771. The molecule has 2 fully saturated rings. The van der Waals surface area contributed by atoms with E-state index in [9.17, 15) is 18.0 Å². The zero-order valence-electron chi connectivity index (χ0n) is 22.7. The standard InChI is InChI=1S/C27H32Br2N2O3.CH4O3S/c1-17-4-6-21(23(28)12-17)27(22-7-5-18(2)13-24(22)29)20-8-10-30(11-9-20)19(3)14-31-25(32)15-34-16-26(31)33;1-5(2,3)4/h4-7,12-13,19-20,27H,8-11,14-16H2,1-3H3;1H3,(H,2,3,4). The van der Waals surface area contributed by atoms with Crippen LogP contribution in [0.25, 0.3) is 0 Å². The molecule has 1 unspecified atom stereocenters. The molecule has 2 heterocycles. The number of amides is 2. The van der Waals surface area contributed by atoms with Crippen LogP contribution >= 0.6 is 31.9 Å². The molecule has 2 aromatic carbocycles. The molecule has 2 amide bonds. The number of morpholine rings is 1. The minimum absolute atomic E-state index is 0.000923. The molecule has 1 N–H and O–H groups in total. The van der Waals surface area contributed by atoms with E-state index < -0.39 is 10.1 Å². The molecule has 0 saturated carbocycles. The predicted octanol–water partition coefficient (Wildman–Crippen LogP) is 4.95. The first-order valence-electron chi connectivity index (χ1n) is 12.8. The zero-order chi connectivity index (χ0) is 28.9. The molecule has 2 aliphatic heterocycles. The summed E-state index contributed by atoms with van der Waals surface area (Å²) in [7, 11) is -3.67. The molecule has 0 aliphatic carbocycles. The summed E-state index contributed by atoms with van der Waals surface area (Å²) in [5, 5.41) is 0. The first kappa shape index (κ1) is 31.9. The lowest BCUT2D eigenvalue weighted by Gasteiger charge is -2.41. The highest BCUT2D eigenvalue weighted by atomic mass is 79.9. The number of likely N-dealkylation sites (tertiary alicyclic amines) is 1. The Morgan fingerprint density at radius 3 is 1.79 bits per heavy atom. The van der Waals surface area contributed by atoms with Gasteiger partial charge in [0.15, 0.2) is 0 Å². The average Bonchev–Trinajstić information content (AvgIpc) is 2.83. The number of hydrogen-bond donors (Lipinski definition) is 1. The SMILES string of the molecule is CS(=O)(=O)O.Cc1ccc(C(c2ccc(C)cc2Br)C2CCN(C(C)CN3C(=O)COCC3=O)CC2)c(Br)c1. The van der Waals surface area contributed by atoms with Gasteiger partial charge in [0.2, 0.25) is 0 Å². The second-order valence-electron chi connectivity index (χ2n) is 10.4. The van der Waals surface area contributed by atoms with Crippen LogP contribution in [0.1, 0.15) is 47.9 Å². The Bertz CT molecular complexity index is 1220. The number of carbonyl (C=O) groups is 2. The lowest BCUT2D eigenvalue weighted by Crippen LogP contribution is -2.53. The van der Waals surface area contributed by atoms with E-state index in [0.717, 1.165) is 34.9 Å². The second kappa shape index (κ2) is 13.8. The van der Waals surface area contributed by atoms with Crippen LogP contribution in [0.4, 0.5) is 0 Å². The second-order valence-corrected chi connectivity index (χ2v) is 13.5. The Morgan fingerprint density at radius 1 is 0.949 bits per heavy atom. The van der Waals surface area contributed by atoms with Crippen molar-refractivity contribution in [3.63, 3.8) is 0 Å². The summed E-state index contributed by atoms with van der Waals surface area (Å²) >= 11 is 7.69. The van der Waals surface area contributed by atoms with Gasteiger partial charge in [0.25, 0.3) is 21.9 Å². The van der Waals surface area contributed by atoms with Gasteiger partial charge in [-0.15, -0.1) is 0 Å². The van der Waals surface area contributed by atoms with Gasteiger partial charge in [-0.05, 0) is 87.0 Å². The van der Waals surface area contributed by atoms with Crippen molar-refractivity contribution < 1.29 is 27.3 Å². The van der Waals surface area contributed by atoms with Gasteiger partial charge in [-0.1, -0.05) is 56.1 Å². The minimum atomic E-state index is -3.67. The molecule has 11 heteroatoms. The quantitative estimate of drug-likeness (QED) is 0.339. The van der Waals surface area contributed by atoms with Gasteiger partial charge in [-0.25, -0.2) is 0 Å². The van der Waals surface area contributed by atoms with E-state index in [2.05, 4.69) is 93.9 Å². The number of carbonyl (C=O) groups excluding carboxylic acids is 2. The summed E-state index contributed by atoms with van der Waals surface area (Å²) in [5.41, 5.74) is 5.14. The Labute approximate surface area is 248 Å². The summed E-state index contributed by atoms with van der Waals surface area (Å²) in [4.78, 5) is 28.1. The molecule has 0 aromatic heterocycles. The van der Waals surface area contributed by atoms with Crippen LogP contribution in [0.2, 0.25) is 0 Å². The maximum atomic E-state index is 12.1. The maximum Gasteiger partial charge on any atom is 0.261 e. The first-order chi connectivity index (χ1) is 18.2. The predicted molar refractivity (Wildman–Crippen MR) is 158 cm³/mol. The number of benzene rings is 2. The molecular formula is C28H36Br2N2O6S. The molecule has 1 atom stereocenters. The fraction of sp³-hybridized carbons (Fsp3) is 0.500. The van der Waals surface area contributed by atoms with E-state index in [0.29, 0.717) is 18.7 Å². The third-order valence-corrected chi connectivity index (χ3v) is 8.52. The van der Waals surface area contributed by atoms with Gasteiger partial charge in [-0.2, -0.15) is 8.42 Å². The van der Waals surface area contributed by atoms with Crippen LogP contribution < -0.4 is 0 Å². The summed E-state index contributed by atoms with van der Waals surface area (Å²) in [5.74, 6) is 0.316. The van der Waals surface area contributed by atoms with E-state index >= 15 is 0 Å². The summed E-state index contributed by atoms with van der Waals surface area (Å²) in [6.07, 6.45) is 2.83. The highest BCUT2D eigenvalue weighted by molar-refractivity contribution is 9.10. The van der Waals surface area contributed by atoms with E-state index in [4.69, 9.17) is 9.29 Å². The molecule has 0 bridgehead atoms. The normalized spacial score (nSPS) is 18.2. The lowest BCUT2D eigenvalue weighted by atomic mass is 9.75. The summed E-state index contributed by atoms with van der Waals surface area (Å²) in [6.45, 7) is 8.68. The van der Waals surface area contributed by atoms with Gasteiger partial charge in [-0.3, -0.25) is 23.9 Å². The fourth-order valence-corrected chi connectivity index (χ4v) is 6.72. The first-order valence-corrected chi connectivity index (χ1v) is 16.3. The third kappa shape index (κ3) is 9.19. The van der Waals surface area contributed by atoms with Crippen molar-refractivity contribution in [2.24, 2.45) is 5.92 Å². The summed E-state index contributed by atoms with van der Waals surface area (Å²) < 4.78 is 33.2. The highest BCUT2D eigenvalue weighted by Gasteiger charge is 2.34. The van der Waals surface area contributed by atoms with E-state index in [1.165, 1.54) is 27.2 Å². The van der Waals surface area contributed by atoms with Crippen LogP contribution in [0.3, 0.4) is 0 Å².